The topological polar surface area (TPSA) is 79.6 Å². The van der Waals surface area contributed by atoms with Crippen molar-refractivity contribution in [2.75, 3.05) is 32.8 Å². The number of aliphatic carboxylic acids is 1. The number of aromatic nitrogens is 2. The van der Waals surface area contributed by atoms with Gasteiger partial charge in [0.2, 0.25) is 0 Å². The van der Waals surface area contributed by atoms with E-state index in [2.05, 4.69) is 53.4 Å². The average molecular weight is 428 g/mol. The Kier molecular flexibility index (Phi) is 8.24. The molecule has 166 valence electrons. The molecule has 1 unspecified atom stereocenters. The molecule has 0 amide bonds. The lowest BCUT2D eigenvalue weighted by Gasteiger charge is -2.36. The number of para-hydroxylation sites is 1. The van der Waals surface area contributed by atoms with E-state index in [1.54, 1.807) is 0 Å². The number of hydrogen-bond donors (Lipinski definition) is 2. The molecule has 0 spiro atoms. The normalized spacial score (nSPS) is 17.2. The van der Waals surface area contributed by atoms with Crippen LogP contribution >= 0.6 is 0 Å². The smallest absolute Gasteiger partial charge is 0.490 e. The first-order valence-electron chi connectivity index (χ1n) is 9.53. The molecule has 1 aliphatic heterocycles. The standard InChI is InChI=1S/C18H26N4O.C2HF3O2/c1-14-5-4-6-15(2)18(14)23-12-11-22-10-9-19-13-17(22)16-7-8-20-21(16)3;3-2(4,5)1(6)7/h4-8,17,19H,9-13H2,1-3H3;(H,6,7). The summed E-state index contributed by atoms with van der Waals surface area (Å²) in [7, 11) is 2.01. The Balaban J connectivity index is 0.000000396. The predicted molar refractivity (Wildman–Crippen MR) is 105 cm³/mol. The van der Waals surface area contributed by atoms with E-state index < -0.39 is 12.1 Å². The second-order valence-corrected chi connectivity index (χ2v) is 7.01. The maximum atomic E-state index is 10.6. The number of carbonyl (C=O) groups is 1. The minimum Gasteiger partial charge on any atom is -0.492 e. The summed E-state index contributed by atoms with van der Waals surface area (Å²) < 4.78 is 39.8. The zero-order valence-corrected chi connectivity index (χ0v) is 17.2. The lowest BCUT2D eigenvalue weighted by atomic mass is 10.1. The summed E-state index contributed by atoms with van der Waals surface area (Å²) in [6.07, 6.45) is -3.21. The zero-order valence-electron chi connectivity index (χ0n) is 17.2. The van der Waals surface area contributed by atoms with Gasteiger partial charge < -0.3 is 15.2 Å². The van der Waals surface area contributed by atoms with Crippen molar-refractivity contribution in [2.24, 2.45) is 7.05 Å². The lowest BCUT2D eigenvalue weighted by Crippen LogP contribution is -2.47. The maximum absolute atomic E-state index is 10.6. The molecule has 2 heterocycles. The summed E-state index contributed by atoms with van der Waals surface area (Å²) >= 11 is 0. The van der Waals surface area contributed by atoms with Crippen LogP contribution in [0.15, 0.2) is 30.5 Å². The number of piperazine rings is 1. The Morgan fingerprint density at radius 1 is 1.30 bits per heavy atom. The third-order valence-corrected chi connectivity index (χ3v) is 4.83. The second-order valence-electron chi connectivity index (χ2n) is 7.01. The minimum absolute atomic E-state index is 0.359. The number of nitrogens with zero attached hydrogens (tertiary/aromatic N) is 3. The molecule has 1 atom stereocenters. The van der Waals surface area contributed by atoms with Crippen LogP contribution in [-0.4, -0.2) is 64.7 Å². The van der Waals surface area contributed by atoms with Gasteiger partial charge in [-0.2, -0.15) is 18.3 Å². The number of carboxylic acid groups (broad SMARTS) is 1. The highest BCUT2D eigenvalue weighted by atomic mass is 19.4. The van der Waals surface area contributed by atoms with E-state index in [1.165, 1.54) is 16.8 Å². The molecule has 10 heteroatoms. The van der Waals surface area contributed by atoms with Gasteiger partial charge in [0, 0.05) is 39.4 Å². The number of alkyl halides is 3. The van der Waals surface area contributed by atoms with Crippen LogP contribution in [0.5, 0.6) is 5.75 Å². The molecular formula is C20H27F3N4O3. The van der Waals surface area contributed by atoms with E-state index in [0.717, 1.165) is 31.9 Å². The molecule has 0 aliphatic carbocycles. The Hall–Kier alpha value is -2.59. The fourth-order valence-corrected chi connectivity index (χ4v) is 3.31. The fourth-order valence-electron chi connectivity index (χ4n) is 3.31. The van der Waals surface area contributed by atoms with Crippen LogP contribution in [0.4, 0.5) is 13.2 Å². The number of ether oxygens (including phenoxy) is 1. The first-order valence-corrected chi connectivity index (χ1v) is 9.53. The molecule has 1 fully saturated rings. The molecule has 0 bridgehead atoms. The number of aryl methyl sites for hydroxylation is 3. The van der Waals surface area contributed by atoms with Crippen LogP contribution in [0.3, 0.4) is 0 Å². The van der Waals surface area contributed by atoms with Gasteiger partial charge in [-0.15, -0.1) is 0 Å². The van der Waals surface area contributed by atoms with E-state index in [1.807, 2.05) is 17.9 Å². The fraction of sp³-hybridized carbons (Fsp3) is 0.500. The molecule has 3 rings (SSSR count). The predicted octanol–water partition coefficient (Wildman–Crippen LogP) is 2.70. The minimum atomic E-state index is -5.08. The molecule has 7 nitrogen and oxygen atoms in total. The summed E-state index contributed by atoms with van der Waals surface area (Å²) in [6.45, 7) is 8.86. The Morgan fingerprint density at radius 3 is 2.47 bits per heavy atom. The molecule has 1 saturated heterocycles. The van der Waals surface area contributed by atoms with Crippen molar-refractivity contribution >= 4 is 5.97 Å². The third kappa shape index (κ3) is 6.46. The van der Waals surface area contributed by atoms with Crippen LogP contribution in [0.25, 0.3) is 0 Å². The van der Waals surface area contributed by atoms with Crippen molar-refractivity contribution in [3.8, 4) is 5.75 Å². The molecule has 0 saturated carbocycles. The average Bonchev–Trinajstić information content (AvgIpc) is 3.10. The van der Waals surface area contributed by atoms with Gasteiger partial charge in [-0.25, -0.2) is 4.79 Å². The van der Waals surface area contributed by atoms with Crippen molar-refractivity contribution in [3.05, 3.63) is 47.3 Å². The van der Waals surface area contributed by atoms with E-state index in [9.17, 15) is 13.2 Å². The third-order valence-electron chi connectivity index (χ3n) is 4.83. The van der Waals surface area contributed by atoms with Gasteiger partial charge in [-0.05, 0) is 31.0 Å². The van der Waals surface area contributed by atoms with Crippen LogP contribution < -0.4 is 10.1 Å². The molecule has 2 aromatic rings. The van der Waals surface area contributed by atoms with Crippen molar-refractivity contribution in [1.29, 1.82) is 0 Å². The van der Waals surface area contributed by atoms with Gasteiger partial charge in [0.25, 0.3) is 0 Å². The van der Waals surface area contributed by atoms with E-state index in [0.29, 0.717) is 12.6 Å². The van der Waals surface area contributed by atoms with Gasteiger partial charge in [0.05, 0.1) is 11.7 Å². The summed E-state index contributed by atoms with van der Waals surface area (Å²) in [5.74, 6) is -1.73. The number of nitrogens with one attached hydrogen (secondary N) is 1. The highest BCUT2D eigenvalue weighted by molar-refractivity contribution is 5.73. The van der Waals surface area contributed by atoms with Crippen LogP contribution in [-0.2, 0) is 11.8 Å². The van der Waals surface area contributed by atoms with Crippen molar-refractivity contribution < 1.29 is 27.8 Å². The largest absolute Gasteiger partial charge is 0.492 e. The maximum Gasteiger partial charge on any atom is 0.490 e. The number of halogens is 3. The number of benzene rings is 1. The van der Waals surface area contributed by atoms with Gasteiger partial charge in [0.1, 0.15) is 12.4 Å². The summed E-state index contributed by atoms with van der Waals surface area (Å²) in [4.78, 5) is 11.4. The Morgan fingerprint density at radius 2 is 1.93 bits per heavy atom. The number of carboxylic acids is 1. The molecule has 0 radical (unpaired) electrons. The Labute approximate surface area is 173 Å². The van der Waals surface area contributed by atoms with Crippen molar-refractivity contribution in [2.45, 2.75) is 26.1 Å². The zero-order chi connectivity index (χ0) is 22.3. The van der Waals surface area contributed by atoms with E-state index >= 15 is 0 Å². The van der Waals surface area contributed by atoms with Crippen LogP contribution in [0, 0.1) is 13.8 Å². The van der Waals surface area contributed by atoms with Crippen molar-refractivity contribution in [3.63, 3.8) is 0 Å². The SMILES string of the molecule is Cc1cccc(C)c1OCCN1CCNCC1c1ccnn1C.O=C(O)C(F)(F)F. The van der Waals surface area contributed by atoms with E-state index in [-0.39, 0.29) is 0 Å². The molecule has 2 N–H and O–H groups in total. The summed E-state index contributed by atoms with van der Waals surface area (Å²) in [6, 6.07) is 8.75. The van der Waals surface area contributed by atoms with Gasteiger partial charge in [-0.1, -0.05) is 18.2 Å². The molecular weight excluding hydrogens is 401 g/mol. The number of hydrogen-bond acceptors (Lipinski definition) is 5. The van der Waals surface area contributed by atoms with Crippen molar-refractivity contribution in [1.82, 2.24) is 20.0 Å². The van der Waals surface area contributed by atoms with E-state index in [4.69, 9.17) is 14.6 Å². The van der Waals surface area contributed by atoms with Crippen LogP contribution in [0.1, 0.15) is 22.9 Å². The quantitative estimate of drug-likeness (QED) is 0.763. The lowest BCUT2D eigenvalue weighted by molar-refractivity contribution is -0.192. The molecule has 1 aliphatic rings. The second kappa shape index (κ2) is 10.4. The Bertz CT molecular complexity index is 819. The summed E-state index contributed by atoms with van der Waals surface area (Å²) in [5.41, 5.74) is 3.66. The molecule has 1 aromatic carbocycles. The number of rotatable bonds is 5. The monoisotopic (exact) mass is 428 g/mol. The highest BCUT2D eigenvalue weighted by Crippen LogP contribution is 2.24. The van der Waals surface area contributed by atoms with Crippen LogP contribution in [0.2, 0.25) is 0 Å². The molecule has 30 heavy (non-hydrogen) atoms. The summed E-state index contributed by atoms with van der Waals surface area (Å²) in [5, 5.41) is 14.9. The highest BCUT2D eigenvalue weighted by Gasteiger charge is 2.38. The van der Waals surface area contributed by atoms with Gasteiger partial charge in [0.15, 0.2) is 0 Å². The van der Waals surface area contributed by atoms with Gasteiger partial charge in [-0.3, -0.25) is 9.58 Å². The van der Waals surface area contributed by atoms with Gasteiger partial charge >= 0.3 is 12.1 Å². The first-order chi connectivity index (χ1) is 14.1. The first kappa shape index (κ1) is 23.7. The molecule has 1 aromatic heterocycles.